The molecular weight excluding hydrogens is 380 g/mol. The number of carbonyl (C=O) groups excluding carboxylic acids is 4. The largest absolute Gasteiger partial charge is 0.445 e. The van der Waals surface area contributed by atoms with Gasteiger partial charge in [-0.3, -0.25) is 9.59 Å². The highest BCUT2D eigenvalue weighted by atomic mass is 16.6. The normalized spacial score (nSPS) is 10.4. The molecule has 0 aliphatic heterocycles. The zero-order chi connectivity index (χ0) is 21.7. The number of alkyl carbamates (subject to hydrolysis) is 2. The van der Waals surface area contributed by atoms with Crippen molar-refractivity contribution in [1.29, 1.82) is 0 Å². The van der Waals surface area contributed by atoms with Gasteiger partial charge in [0.05, 0.1) is 6.54 Å². The lowest BCUT2D eigenvalue weighted by Gasteiger charge is -2.19. The molecule has 29 heavy (non-hydrogen) atoms. The summed E-state index contributed by atoms with van der Waals surface area (Å²) in [6, 6.07) is 9.24. The van der Waals surface area contributed by atoms with Crippen molar-refractivity contribution in [3.63, 3.8) is 0 Å². The van der Waals surface area contributed by atoms with Gasteiger partial charge in [-0.05, 0) is 26.3 Å². The molecule has 10 nitrogen and oxygen atoms in total. The Hall–Kier alpha value is -3.30. The van der Waals surface area contributed by atoms with Crippen LogP contribution in [0.15, 0.2) is 30.3 Å². The summed E-state index contributed by atoms with van der Waals surface area (Å²) in [5, 5.41) is 9.67. The van der Waals surface area contributed by atoms with Crippen molar-refractivity contribution >= 4 is 24.0 Å². The Kier molecular flexibility index (Phi) is 10.00. The summed E-state index contributed by atoms with van der Waals surface area (Å²) in [4.78, 5) is 46.2. The number of ether oxygens (including phenoxy) is 2. The predicted octanol–water partition coefficient (Wildman–Crippen LogP) is 0.670. The maximum absolute atomic E-state index is 11.6. The van der Waals surface area contributed by atoms with Gasteiger partial charge in [0.25, 0.3) is 0 Å². The summed E-state index contributed by atoms with van der Waals surface area (Å²) in [5.41, 5.74) is 0.204. The second-order valence-electron chi connectivity index (χ2n) is 6.97. The first-order valence-corrected chi connectivity index (χ1v) is 9.10. The second-order valence-corrected chi connectivity index (χ2v) is 6.97. The number of carbonyl (C=O) groups is 4. The molecule has 1 aromatic carbocycles. The average molecular weight is 408 g/mol. The van der Waals surface area contributed by atoms with E-state index in [1.807, 2.05) is 30.3 Å². The molecule has 0 aliphatic carbocycles. The third kappa shape index (κ3) is 12.7. The molecule has 0 spiro atoms. The van der Waals surface area contributed by atoms with Crippen LogP contribution in [0.2, 0.25) is 0 Å². The third-order valence-corrected chi connectivity index (χ3v) is 3.17. The zero-order valence-electron chi connectivity index (χ0n) is 16.9. The number of hydrogen-bond acceptors (Lipinski definition) is 6. The van der Waals surface area contributed by atoms with Gasteiger partial charge in [-0.15, -0.1) is 0 Å². The fraction of sp³-hybridized carbons (Fsp3) is 0.474. The van der Waals surface area contributed by atoms with E-state index in [1.165, 1.54) is 0 Å². The van der Waals surface area contributed by atoms with E-state index in [0.29, 0.717) is 0 Å². The number of rotatable bonds is 9. The van der Waals surface area contributed by atoms with Crippen molar-refractivity contribution in [3.8, 4) is 0 Å². The molecule has 0 aromatic heterocycles. The fourth-order valence-electron chi connectivity index (χ4n) is 1.91. The molecule has 0 fully saturated rings. The smallest absolute Gasteiger partial charge is 0.408 e. The molecular formula is C19H28N4O6. The van der Waals surface area contributed by atoms with E-state index in [0.717, 1.165) is 5.56 Å². The predicted molar refractivity (Wildman–Crippen MR) is 105 cm³/mol. The molecule has 0 unspecified atom stereocenters. The van der Waals surface area contributed by atoms with E-state index in [-0.39, 0.29) is 32.8 Å². The molecule has 1 aromatic rings. The van der Waals surface area contributed by atoms with Crippen LogP contribution in [0.3, 0.4) is 0 Å². The monoisotopic (exact) mass is 408 g/mol. The second kappa shape index (κ2) is 12.2. The van der Waals surface area contributed by atoms with Crippen molar-refractivity contribution in [2.75, 3.05) is 26.2 Å². The van der Waals surface area contributed by atoms with Crippen LogP contribution in [0, 0.1) is 0 Å². The summed E-state index contributed by atoms with van der Waals surface area (Å²) >= 11 is 0. The van der Waals surface area contributed by atoms with E-state index < -0.39 is 29.6 Å². The first-order valence-electron chi connectivity index (χ1n) is 9.10. The molecule has 4 N–H and O–H groups in total. The molecule has 160 valence electrons. The lowest BCUT2D eigenvalue weighted by atomic mass is 10.2. The van der Waals surface area contributed by atoms with Crippen LogP contribution >= 0.6 is 0 Å². The molecule has 1 rings (SSSR count). The zero-order valence-corrected chi connectivity index (χ0v) is 16.9. The van der Waals surface area contributed by atoms with Crippen LogP contribution in [0.5, 0.6) is 0 Å². The third-order valence-electron chi connectivity index (χ3n) is 3.17. The molecule has 0 saturated heterocycles. The Morgan fingerprint density at radius 1 is 0.793 bits per heavy atom. The van der Waals surface area contributed by atoms with E-state index in [4.69, 9.17) is 9.47 Å². The molecule has 0 heterocycles. The number of benzene rings is 1. The van der Waals surface area contributed by atoms with Gasteiger partial charge in [0, 0.05) is 13.1 Å². The first-order chi connectivity index (χ1) is 13.7. The number of hydrogen-bond donors (Lipinski definition) is 4. The highest BCUT2D eigenvalue weighted by molar-refractivity contribution is 5.87. The van der Waals surface area contributed by atoms with E-state index >= 15 is 0 Å². The minimum atomic E-state index is -0.720. The highest BCUT2D eigenvalue weighted by Gasteiger charge is 2.16. The summed E-state index contributed by atoms with van der Waals surface area (Å²) in [7, 11) is 0. The van der Waals surface area contributed by atoms with Gasteiger partial charge < -0.3 is 30.7 Å². The van der Waals surface area contributed by atoms with Crippen LogP contribution in [-0.2, 0) is 25.7 Å². The first kappa shape index (κ1) is 23.7. The van der Waals surface area contributed by atoms with Crippen molar-refractivity contribution in [3.05, 3.63) is 35.9 Å². The molecule has 4 amide bonds. The summed E-state index contributed by atoms with van der Waals surface area (Å²) < 4.78 is 10.0. The molecule has 0 radical (unpaired) electrons. The Balaban J connectivity index is 2.06. The van der Waals surface area contributed by atoms with Crippen LogP contribution in [0.4, 0.5) is 9.59 Å². The minimum absolute atomic E-state index is 0.155. The van der Waals surface area contributed by atoms with Gasteiger partial charge in [-0.1, -0.05) is 30.3 Å². The summed E-state index contributed by atoms with van der Waals surface area (Å²) in [6.07, 6.45) is -1.31. The van der Waals surface area contributed by atoms with Gasteiger partial charge >= 0.3 is 12.2 Å². The topological polar surface area (TPSA) is 135 Å². The summed E-state index contributed by atoms with van der Waals surface area (Å²) in [5.74, 6) is -0.969. The fourth-order valence-corrected chi connectivity index (χ4v) is 1.91. The Morgan fingerprint density at radius 2 is 1.38 bits per heavy atom. The Labute approximate surface area is 169 Å². The van der Waals surface area contributed by atoms with Crippen molar-refractivity contribution in [1.82, 2.24) is 21.3 Å². The van der Waals surface area contributed by atoms with Crippen molar-refractivity contribution in [2.24, 2.45) is 0 Å². The standard InChI is InChI=1S/C19H28N4O6/c1-19(2,3)29-18(27)23-12-16(25)22-11-15(24)20-9-10-21-17(26)28-13-14-7-5-4-6-8-14/h4-8H,9-13H2,1-3H3,(H,20,24)(H,21,26)(H,22,25)(H,23,27). The molecule has 0 atom stereocenters. The maximum Gasteiger partial charge on any atom is 0.408 e. The quantitative estimate of drug-likeness (QED) is 0.444. The molecule has 10 heteroatoms. The van der Waals surface area contributed by atoms with E-state index in [2.05, 4.69) is 21.3 Å². The van der Waals surface area contributed by atoms with E-state index in [9.17, 15) is 19.2 Å². The Bertz CT molecular complexity index is 688. The maximum atomic E-state index is 11.6. The molecule has 0 bridgehead atoms. The van der Waals surface area contributed by atoms with Crippen LogP contribution in [0.1, 0.15) is 26.3 Å². The number of amides is 4. The lowest BCUT2D eigenvalue weighted by molar-refractivity contribution is -0.125. The van der Waals surface area contributed by atoms with Gasteiger partial charge in [-0.2, -0.15) is 0 Å². The van der Waals surface area contributed by atoms with E-state index in [1.54, 1.807) is 20.8 Å². The average Bonchev–Trinajstić information content (AvgIpc) is 2.66. The van der Waals surface area contributed by atoms with Gasteiger partial charge in [-0.25, -0.2) is 9.59 Å². The minimum Gasteiger partial charge on any atom is -0.445 e. The SMILES string of the molecule is CC(C)(C)OC(=O)NCC(=O)NCC(=O)NCCNC(=O)OCc1ccccc1. The Morgan fingerprint density at radius 3 is 2.03 bits per heavy atom. The van der Waals surface area contributed by atoms with Gasteiger partial charge in [0.2, 0.25) is 11.8 Å². The van der Waals surface area contributed by atoms with Gasteiger partial charge in [0.15, 0.2) is 0 Å². The summed E-state index contributed by atoms with van der Waals surface area (Å²) in [6.45, 7) is 5.05. The number of nitrogens with one attached hydrogen (secondary N) is 4. The van der Waals surface area contributed by atoms with Crippen molar-refractivity contribution in [2.45, 2.75) is 33.0 Å². The highest BCUT2D eigenvalue weighted by Crippen LogP contribution is 2.06. The molecule has 0 saturated carbocycles. The van der Waals surface area contributed by atoms with Crippen LogP contribution in [-0.4, -0.2) is 55.8 Å². The van der Waals surface area contributed by atoms with Gasteiger partial charge in [0.1, 0.15) is 18.8 Å². The van der Waals surface area contributed by atoms with Crippen molar-refractivity contribution < 1.29 is 28.7 Å². The van der Waals surface area contributed by atoms with Crippen LogP contribution in [0.25, 0.3) is 0 Å². The lowest BCUT2D eigenvalue weighted by Crippen LogP contribution is -2.44. The van der Waals surface area contributed by atoms with Crippen LogP contribution < -0.4 is 21.3 Å². The molecule has 0 aliphatic rings.